The van der Waals surface area contributed by atoms with Crippen molar-refractivity contribution in [3.8, 4) is 23.0 Å². The maximum absolute atomic E-state index is 13.5. The number of halogens is 1. The van der Waals surface area contributed by atoms with Gasteiger partial charge in [-0.1, -0.05) is 54.1 Å². The molecule has 4 aromatic rings. The van der Waals surface area contributed by atoms with Crippen LogP contribution in [0.5, 0.6) is 0 Å². The molecule has 1 aliphatic rings. The SMILES string of the molecule is N#CC(C(=O)Nc1ccc(Cl)cc1)C(=O)c1nn(-c2ccccc2)c2c1CCc1ccccc1-2. The van der Waals surface area contributed by atoms with Gasteiger partial charge in [0, 0.05) is 21.8 Å². The van der Waals surface area contributed by atoms with Crippen LogP contribution in [0.1, 0.15) is 21.6 Å². The zero-order valence-electron chi connectivity index (χ0n) is 18.0. The molecule has 0 saturated carbocycles. The molecule has 1 aliphatic carbocycles. The molecule has 5 rings (SSSR count). The summed E-state index contributed by atoms with van der Waals surface area (Å²) in [7, 11) is 0. The average Bonchev–Trinajstić information content (AvgIpc) is 3.27. The second-order valence-electron chi connectivity index (χ2n) is 8.00. The number of aromatic nitrogens is 2. The molecule has 1 amide bonds. The first kappa shape index (κ1) is 21.6. The van der Waals surface area contributed by atoms with E-state index in [1.54, 1.807) is 28.9 Å². The van der Waals surface area contributed by atoms with Crippen LogP contribution in [0.25, 0.3) is 16.9 Å². The summed E-state index contributed by atoms with van der Waals surface area (Å²) in [6.45, 7) is 0. The van der Waals surface area contributed by atoms with E-state index in [2.05, 4.69) is 16.5 Å². The average molecular weight is 467 g/mol. The van der Waals surface area contributed by atoms with Gasteiger partial charge in [0.15, 0.2) is 5.92 Å². The zero-order chi connectivity index (χ0) is 23.7. The maximum Gasteiger partial charge on any atom is 0.249 e. The second-order valence-corrected chi connectivity index (χ2v) is 8.44. The first-order valence-electron chi connectivity index (χ1n) is 10.8. The van der Waals surface area contributed by atoms with E-state index in [4.69, 9.17) is 11.6 Å². The maximum atomic E-state index is 13.5. The van der Waals surface area contributed by atoms with Crippen molar-refractivity contribution in [3.05, 3.63) is 101 Å². The first-order valence-corrected chi connectivity index (χ1v) is 11.2. The Labute approximate surface area is 201 Å². The molecule has 0 radical (unpaired) electrons. The van der Waals surface area contributed by atoms with E-state index in [9.17, 15) is 14.9 Å². The highest BCUT2D eigenvalue weighted by Crippen LogP contribution is 2.37. The Hall–Kier alpha value is -4.21. The molecule has 6 nitrogen and oxygen atoms in total. The van der Waals surface area contributed by atoms with E-state index in [0.29, 0.717) is 17.1 Å². The number of ketones is 1. The van der Waals surface area contributed by atoms with Crippen LogP contribution in [0.4, 0.5) is 5.69 Å². The molecule has 0 saturated heterocycles. The van der Waals surface area contributed by atoms with Crippen molar-refractivity contribution in [2.24, 2.45) is 5.92 Å². The van der Waals surface area contributed by atoms with Gasteiger partial charge < -0.3 is 5.32 Å². The molecule has 3 aromatic carbocycles. The lowest BCUT2D eigenvalue weighted by Crippen LogP contribution is -2.29. The van der Waals surface area contributed by atoms with Crippen molar-refractivity contribution in [2.75, 3.05) is 5.32 Å². The minimum absolute atomic E-state index is 0.158. The smallest absolute Gasteiger partial charge is 0.249 e. The lowest BCUT2D eigenvalue weighted by molar-refractivity contribution is -0.117. The molecule has 1 N–H and O–H groups in total. The molecule has 7 heteroatoms. The Bertz CT molecular complexity index is 1440. The Balaban J connectivity index is 1.57. The van der Waals surface area contributed by atoms with Crippen LogP contribution in [0, 0.1) is 17.2 Å². The van der Waals surface area contributed by atoms with Crippen molar-refractivity contribution in [1.29, 1.82) is 5.26 Å². The third-order valence-corrected chi connectivity index (χ3v) is 6.15. The largest absolute Gasteiger partial charge is 0.325 e. The predicted molar refractivity (Wildman–Crippen MR) is 130 cm³/mol. The molecule has 1 atom stereocenters. The number of hydrogen-bond donors (Lipinski definition) is 1. The van der Waals surface area contributed by atoms with Crippen molar-refractivity contribution in [3.63, 3.8) is 0 Å². The summed E-state index contributed by atoms with van der Waals surface area (Å²) in [5, 5.41) is 17.5. The third-order valence-electron chi connectivity index (χ3n) is 5.90. The summed E-state index contributed by atoms with van der Waals surface area (Å²) in [4.78, 5) is 26.4. The fourth-order valence-electron chi connectivity index (χ4n) is 4.27. The number of nitrogens with zero attached hydrogens (tertiary/aromatic N) is 3. The van der Waals surface area contributed by atoms with Gasteiger partial charge in [0.05, 0.1) is 17.5 Å². The van der Waals surface area contributed by atoms with Crippen LogP contribution >= 0.6 is 11.6 Å². The lowest BCUT2D eigenvalue weighted by Gasteiger charge is -2.18. The van der Waals surface area contributed by atoms with Gasteiger partial charge in [-0.15, -0.1) is 0 Å². The standard InChI is InChI=1S/C27H19ClN4O2/c28-18-11-13-19(14-12-18)30-27(34)23(16-29)26(33)24-22-15-10-17-6-4-5-9-21(17)25(22)32(31-24)20-7-2-1-3-8-20/h1-9,11-14,23H,10,15H2,(H,30,34). The lowest BCUT2D eigenvalue weighted by atomic mass is 9.87. The van der Waals surface area contributed by atoms with E-state index in [0.717, 1.165) is 28.9 Å². The fourth-order valence-corrected chi connectivity index (χ4v) is 4.39. The molecule has 1 unspecified atom stereocenters. The molecule has 166 valence electrons. The summed E-state index contributed by atoms with van der Waals surface area (Å²) >= 11 is 5.90. The van der Waals surface area contributed by atoms with Gasteiger partial charge in [-0.2, -0.15) is 10.4 Å². The highest BCUT2D eigenvalue weighted by Gasteiger charge is 2.35. The summed E-state index contributed by atoms with van der Waals surface area (Å²) in [5.41, 5.74) is 5.16. The second kappa shape index (κ2) is 8.97. The molecule has 0 bridgehead atoms. The number of benzene rings is 3. The van der Waals surface area contributed by atoms with Gasteiger partial charge in [0.1, 0.15) is 5.69 Å². The molecular formula is C27H19ClN4O2. The summed E-state index contributed by atoms with van der Waals surface area (Å²) in [5.74, 6) is -2.84. The van der Waals surface area contributed by atoms with Gasteiger partial charge >= 0.3 is 0 Å². The number of para-hydroxylation sites is 1. The molecule has 0 fully saturated rings. The number of anilines is 1. The Morgan fingerprint density at radius 2 is 1.68 bits per heavy atom. The minimum Gasteiger partial charge on any atom is -0.325 e. The quantitative estimate of drug-likeness (QED) is 0.321. The number of nitrogens with one attached hydrogen (secondary N) is 1. The predicted octanol–water partition coefficient (Wildman–Crippen LogP) is 5.25. The summed E-state index contributed by atoms with van der Waals surface area (Å²) < 4.78 is 1.74. The number of aryl methyl sites for hydroxylation is 1. The van der Waals surface area contributed by atoms with E-state index >= 15 is 0 Å². The van der Waals surface area contributed by atoms with Crippen LogP contribution in [0.15, 0.2) is 78.9 Å². The zero-order valence-corrected chi connectivity index (χ0v) is 18.8. The first-order chi connectivity index (χ1) is 16.6. The van der Waals surface area contributed by atoms with E-state index in [-0.39, 0.29) is 5.69 Å². The van der Waals surface area contributed by atoms with Crippen LogP contribution in [-0.2, 0) is 17.6 Å². The normalized spacial score (nSPS) is 12.7. The Morgan fingerprint density at radius 1 is 0.971 bits per heavy atom. The minimum atomic E-state index is -1.53. The molecular weight excluding hydrogens is 448 g/mol. The number of fused-ring (bicyclic) bond motifs is 3. The molecule has 0 spiro atoms. The number of carbonyl (C=O) groups is 2. The fraction of sp³-hybridized carbons (Fsp3) is 0.111. The van der Waals surface area contributed by atoms with Crippen molar-refractivity contribution in [2.45, 2.75) is 12.8 Å². The topological polar surface area (TPSA) is 87.8 Å². The summed E-state index contributed by atoms with van der Waals surface area (Å²) in [6.07, 6.45) is 1.34. The van der Waals surface area contributed by atoms with E-state index in [1.807, 2.05) is 54.6 Å². The Morgan fingerprint density at radius 3 is 2.41 bits per heavy atom. The molecule has 34 heavy (non-hydrogen) atoms. The van der Waals surface area contributed by atoms with Crippen molar-refractivity contribution < 1.29 is 9.59 Å². The highest BCUT2D eigenvalue weighted by atomic mass is 35.5. The number of amides is 1. The van der Waals surface area contributed by atoms with Gasteiger partial charge in [-0.3, -0.25) is 9.59 Å². The van der Waals surface area contributed by atoms with Gasteiger partial charge in [0.2, 0.25) is 11.7 Å². The van der Waals surface area contributed by atoms with Gasteiger partial charge in [0.25, 0.3) is 0 Å². The molecule has 0 aliphatic heterocycles. The number of rotatable bonds is 5. The van der Waals surface area contributed by atoms with E-state index in [1.165, 1.54) is 5.56 Å². The van der Waals surface area contributed by atoms with Crippen molar-refractivity contribution >= 4 is 29.0 Å². The van der Waals surface area contributed by atoms with Crippen LogP contribution in [-0.4, -0.2) is 21.5 Å². The third kappa shape index (κ3) is 3.87. The Kier molecular flexibility index (Phi) is 5.70. The molecule has 1 heterocycles. The van der Waals surface area contributed by atoms with Gasteiger partial charge in [-0.25, -0.2) is 4.68 Å². The summed E-state index contributed by atoms with van der Waals surface area (Å²) in [6, 6.07) is 25.9. The number of carbonyl (C=O) groups excluding carboxylic acids is 2. The number of nitriles is 1. The monoisotopic (exact) mass is 466 g/mol. The highest BCUT2D eigenvalue weighted by molar-refractivity contribution is 6.30. The van der Waals surface area contributed by atoms with Crippen molar-refractivity contribution in [1.82, 2.24) is 9.78 Å². The molecule has 1 aromatic heterocycles. The number of hydrogen-bond acceptors (Lipinski definition) is 4. The van der Waals surface area contributed by atoms with Crippen LogP contribution in [0.2, 0.25) is 5.02 Å². The van der Waals surface area contributed by atoms with Crippen LogP contribution < -0.4 is 5.32 Å². The van der Waals surface area contributed by atoms with Crippen LogP contribution in [0.3, 0.4) is 0 Å². The van der Waals surface area contributed by atoms with E-state index < -0.39 is 17.6 Å². The number of Topliss-reactive ketones (excluding diaryl/α,β-unsaturated/α-hetero) is 1. The van der Waals surface area contributed by atoms with Gasteiger partial charge in [-0.05, 0) is 54.8 Å².